The lowest BCUT2D eigenvalue weighted by Crippen LogP contribution is -2.32. The van der Waals surface area contributed by atoms with Crippen LogP contribution >= 0.6 is 0 Å². The Kier molecular flexibility index (Phi) is 6.45. The molecule has 0 spiro atoms. The SMILES string of the molecule is CC(CCNC1CCCNCC1)S(C)=O. The summed E-state index contributed by atoms with van der Waals surface area (Å²) in [6.45, 7) is 5.36. The topological polar surface area (TPSA) is 41.1 Å². The lowest BCUT2D eigenvalue weighted by Gasteiger charge is -2.17. The average Bonchev–Trinajstić information content (AvgIpc) is 2.46. The number of rotatable bonds is 5. The van der Waals surface area contributed by atoms with Gasteiger partial charge in [-0.25, -0.2) is 0 Å². The molecule has 3 atom stereocenters. The zero-order valence-electron chi connectivity index (χ0n) is 9.92. The van der Waals surface area contributed by atoms with E-state index in [0.29, 0.717) is 11.3 Å². The van der Waals surface area contributed by atoms with Gasteiger partial charge in [-0.1, -0.05) is 6.92 Å². The summed E-state index contributed by atoms with van der Waals surface area (Å²) >= 11 is 0. The molecule has 15 heavy (non-hydrogen) atoms. The van der Waals surface area contributed by atoms with Gasteiger partial charge in [0.1, 0.15) is 0 Å². The normalized spacial score (nSPS) is 26.9. The molecule has 0 aromatic carbocycles. The fourth-order valence-electron chi connectivity index (χ4n) is 1.88. The lowest BCUT2D eigenvalue weighted by molar-refractivity contribution is 0.463. The third-order valence-electron chi connectivity index (χ3n) is 3.13. The van der Waals surface area contributed by atoms with E-state index in [1.54, 1.807) is 6.26 Å². The van der Waals surface area contributed by atoms with Crippen molar-refractivity contribution in [3.8, 4) is 0 Å². The fraction of sp³-hybridized carbons (Fsp3) is 1.00. The second-order valence-electron chi connectivity index (χ2n) is 4.43. The van der Waals surface area contributed by atoms with Crippen LogP contribution in [0.25, 0.3) is 0 Å². The van der Waals surface area contributed by atoms with Gasteiger partial charge in [0.05, 0.1) is 0 Å². The smallest absolute Gasteiger partial charge is 0.0329 e. The summed E-state index contributed by atoms with van der Waals surface area (Å²) < 4.78 is 11.2. The molecule has 3 unspecified atom stereocenters. The van der Waals surface area contributed by atoms with Crippen LogP contribution in [0.1, 0.15) is 32.6 Å². The van der Waals surface area contributed by atoms with Gasteiger partial charge in [-0.05, 0) is 45.3 Å². The van der Waals surface area contributed by atoms with Crippen LogP contribution in [0.2, 0.25) is 0 Å². The molecule has 0 amide bonds. The molecule has 0 saturated carbocycles. The molecule has 0 aliphatic carbocycles. The molecule has 1 heterocycles. The standard InChI is InChI=1S/C11H24N2OS/c1-10(15(2)14)5-9-13-11-4-3-7-12-8-6-11/h10-13H,3-9H2,1-2H3. The van der Waals surface area contributed by atoms with Crippen LogP contribution in [0.4, 0.5) is 0 Å². The van der Waals surface area contributed by atoms with Gasteiger partial charge in [0.15, 0.2) is 0 Å². The first-order valence-corrected chi connectivity index (χ1v) is 7.58. The predicted molar refractivity (Wildman–Crippen MR) is 66.7 cm³/mol. The molecule has 0 aromatic heterocycles. The van der Waals surface area contributed by atoms with E-state index >= 15 is 0 Å². The maximum Gasteiger partial charge on any atom is 0.0329 e. The van der Waals surface area contributed by atoms with Crippen molar-refractivity contribution < 1.29 is 4.21 Å². The highest BCUT2D eigenvalue weighted by Gasteiger charge is 2.12. The molecular formula is C11H24N2OS. The van der Waals surface area contributed by atoms with Crippen LogP contribution in [0.15, 0.2) is 0 Å². The number of hydrogen-bond donors (Lipinski definition) is 2. The van der Waals surface area contributed by atoms with Gasteiger partial charge in [0.25, 0.3) is 0 Å². The first kappa shape index (κ1) is 13.1. The largest absolute Gasteiger partial charge is 0.317 e. The summed E-state index contributed by atoms with van der Waals surface area (Å²) in [7, 11) is -0.673. The Balaban J connectivity index is 2.10. The van der Waals surface area contributed by atoms with Crippen molar-refractivity contribution in [3.63, 3.8) is 0 Å². The van der Waals surface area contributed by atoms with Gasteiger partial charge >= 0.3 is 0 Å². The van der Waals surface area contributed by atoms with E-state index in [2.05, 4.69) is 17.6 Å². The van der Waals surface area contributed by atoms with Crippen LogP contribution in [-0.4, -0.2) is 41.4 Å². The van der Waals surface area contributed by atoms with Crippen molar-refractivity contribution in [3.05, 3.63) is 0 Å². The lowest BCUT2D eigenvalue weighted by atomic mass is 10.1. The summed E-state index contributed by atoms with van der Waals surface area (Å²) in [6, 6.07) is 0.664. The first-order chi connectivity index (χ1) is 7.20. The number of hydrogen-bond acceptors (Lipinski definition) is 3. The quantitative estimate of drug-likeness (QED) is 0.739. The average molecular weight is 232 g/mol. The van der Waals surface area contributed by atoms with Crippen molar-refractivity contribution in [2.24, 2.45) is 0 Å². The molecule has 1 rings (SSSR count). The molecule has 0 aromatic rings. The van der Waals surface area contributed by atoms with Crippen LogP contribution in [0.5, 0.6) is 0 Å². The van der Waals surface area contributed by atoms with E-state index in [9.17, 15) is 4.21 Å². The molecule has 0 radical (unpaired) electrons. The van der Waals surface area contributed by atoms with Crippen molar-refractivity contribution in [1.82, 2.24) is 10.6 Å². The Hall–Kier alpha value is 0.0700. The monoisotopic (exact) mass is 232 g/mol. The highest BCUT2D eigenvalue weighted by Crippen LogP contribution is 2.05. The van der Waals surface area contributed by atoms with Crippen molar-refractivity contribution >= 4 is 10.8 Å². The van der Waals surface area contributed by atoms with Crippen LogP contribution < -0.4 is 10.6 Å². The van der Waals surface area contributed by atoms with Gasteiger partial charge in [-0.3, -0.25) is 4.21 Å². The Bertz CT molecular complexity index is 191. The third-order valence-corrected chi connectivity index (χ3v) is 4.50. The zero-order chi connectivity index (χ0) is 11.1. The van der Waals surface area contributed by atoms with Crippen LogP contribution in [0.3, 0.4) is 0 Å². The van der Waals surface area contributed by atoms with E-state index in [1.165, 1.54) is 19.3 Å². The van der Waals surface area contributed by atoms with E-state index in [4.69, 9.17) is 0 Å². The summed E-state index contributed by atoms with van der Waals surface area (Å²) in [5.74, 6) is 0. The Morgan fingerprint density at radius 1 is 1.47 bits per heavy atom. The number of nitrogens with one attached hydrogen (secondary N) is 2. The zero-order valence-corrected chi connectivity index (χ0v) is 10.7. The molecule has 4 heteroatoms. The fourth-order valence-corrected chi connectivity index (χ4v) is 2.33. The van der Waals surface area contributed by atoms with Gasteiger partial charge in [-0.2, -0.15) is 0 Å². The summed E-state index contributed by atoms with van der Waals surface area (Å²) in [5.41, 5.74) is 0. The van der Waals surface area contributed by atoms with Crippen molar-refractivity contribution in [1.29, 1.82) is 0 Å². The predicted octanol–water partition coefficient (Wildman–Crippen LogP) is 0.875. The van der Waals surface area contributed by atoms with Crippen molar-refractivity contribution in [2.45, 2.75) is 43.9 Å². The second-order valence-corrected chi connectivity index (χ2v) is 6.23. The van der Waals surface area contributed by atoms with Crippen LogP contribution in [0, 0.1) is 0 Å². The summed E-state index contributed by atoms with van der Waals surface area (Å²) in [6.07, 6.45) is 6.58. The summed E-state index contributed by atoms with van der Waals surface area (Å²) in [5, 5.41) is 7.30. The van der Waals surface area contributed by atoms with Gasteiger partial charge < -0.3 is 10.6 Å². The Morgan fingerprint density at radius 3 is 3.00 bits per heavy atom. The van der Waals surface area contributed by atoms with Crippen LogP contribution in [-0.2, 0) is 10.8 Å². The molecule has 90 valence electrons. The van der Waals surface area contributed by atoms with Crippen molar-refractivity contribution in [2.75, 3.05) is 25.9 Å². The summed E-state index contributed by atoms with van der Waals surface area (Å²) in [4.78, 5) is 0. The maximum absolute atomic E-state index is 11.2. The maximum atomic E-state index is 11.2. The highest BCUT2D eigenvalue weighted by atomic mass is 32.2. The van der Waals surface area contributed by atoms with Gasteiger partial charge in [-0.15, -0.1) is 0 Å². The Morgan fingerprint density at radius 2 is 2.27 bits per heavy atom. The second kappa shape index (κ2) is 7.36. The Labute approximate surface area is 95.9 Å². The molecule has 1 saturated heterocycles. The van der Waals surface area contributed by atoms with E-state index in [1.807, 2.05) is 0 Å². The van der Waals surface area contributed by atoms with E-state index in [-0.39, 0.29) is 0 Å². The molecule has 1 aliphatic rings. The van der Waals surface area contributed by atoms with E-state index < -0.39 is 10.8 Å². The third kappa shape index (κ3) is 5.64. The molecular weight excluding hydrogens is 208 g/mol. The minimum Gasteiger partial charge on any atom is -0.317 e. The molecule has 0 bridgehead atoms. The van der Waals surface area contributed by atoms with E-state index in [0.717, 1.165) is 26.1 Å². The minimum atomic E-state index is -0.673. The molecule has 2 N–H and O–H groups in total. The molecule has 3 nitrogen and oxygen atoms in total. The minimum absolute atomic E-state index is 0.321. The molecule has 1 fully saturated rings. The van der Waals surface area contributed by atoms with Gasteiger partial charge in [0, 0.05) is 28.3 Å². The van der Waals surface area contributed by atoms with Gasteiger partial charge in [0.2, 0.25) is 0 Å². The first-order valence-electron chi connectivity index (χ1n) is 5.96. The molecule has 1 aliphatic heterocycles. The highest BCUT2D eigenvalue weighted by molar-refractivity contribution is 7.84.